The van der Waals surface area contributed by atoms with E-state index >= 15 is 0 Å². The van der Waals surface area contributed by atoms with Gasteiger partial charge in [0.05, 0.1) is 28.1 Å². The molecule has 0 saturated carbocycles. The number of nitrogens with zero attached hydrogens (tertiary/aromatic N) is 5. The summed E-state index contributed by atoms with van der Waals surface area (Å²) in [5, 5.41) is 14.5. The number of benzene rings is 2. The summed E-state index contributed by atoms with van der Waals surface area (Å²) in [7, 11) is 1.85. The Morgan fingerprint density at radius 1 is 1.05 bits per heavy atom. The molecule has 2 aromatic heterocycles. The van der Waals surface area contributed by atoms with Crippen LogP contribution in [0, 0.1) is 11.3 Å². The van der Waals surface area contributed by atoms with E-state index in [2.05, 4.69) is 9.67 Å². The Labute approximate surface area is 249 Å². The van der Waals surface area contributed by atoms with E-state index < -0.39 is 23.5 Å². The van der Waals surface area contributed by atoms with Crippen molar-refractivity contribution in [1.29, 1.82) is 0 Å². The lowest BCUT2D eigenvalue weighted by atomic mass is 9.79. The number of ether oxygens (including phenoxy) is 1. The molecule has 0 amide bonds. The topological polar surface area (TPSA) is 85.4 Å². The largest absolute Gasteiger partial charge is 0.487 e. The van der Waals surface area contributed by atoms with Crippen molar-refractivity contribution in [3.8, 4) is 5.75 Å². The van der Waals surface area contributed by atoms with Crippen LogP contribution in [-0.2, 0) is 31.4 Å². The summed E-state index contributed by atoms with van der Waals surface area (Å²) in [6.07, 6.45) is -0.866. The van der Waals surface area contributed by atoms with Crippen LogP contribution in [0.15, 0.2) is 54.7 Å². The summed E-state index contributed by atoms with van der Waals surface area (Å²) >= 11 is 0. The minimum Gasteiger partial charge on any atom is -0.487 e. The zero-order valence-electron chi connectivity index (χ0n) is 24.8. The van der Waals surface area contributed by atoms with Gasteiger partial charge in [0.2, 0.25) is 0 Å². The number of hydrogen-bond acceptors (Lipinski definition) is 5. The standard InChI is InChI=1S/C32H38F3N5O3/c1-4-31(5-2,30(41)42)19-29-36-27-11-10-26(43-21-24-14-15-38(3)37-24)18-28(27)40(29)20-22-6-8-25(9-7-22)39-16-12-23(13-17-39)32(33,34)35/h6-11,14-15,18,23H,4-5,12-13,16-17,19-21H2,1-3H3,(H,41,42). The highest BCUT2D eigenvalue weighted by Gasteiger charge is 2.41. The fourth-order valence-corrected chi connectivity index (χ4v) is 5.89. The monoisotopic (exact) mass is 597 g/mol. The Kier molecular flexibility index (Phi) is 8.71. The third kappa shape index (κ3) is 6.65. The van der Waals surface area contributed by atoms with Crippen LogP contribution < -0.4 is 9.64 Å². The average molecular weight is 598 g/mol. The molecule has 0 radical (unpaired) electrons. The molecule has 1 aliphatic rings. The van der Waals surface area contributed by atoms with Crippen molar-refractivity contribution in [1.82, 2.24) is 19.3 Å². The molecule has 1 fully saturated rings. The van der Waals surface area contributed by atoms with Gasteiger partial charge in [0.1, 0.15) is 18.2 Å². The highest BCUT2D eigenvalue weighted by atomic mass is 19.4. The minimum absolute atomic E-state index is 0.0978. The maximum Gasteiger partial charge on any atom is 0.391 e. The van der Waals surface area contributed by atoms with Crippen molar-refractivity contribution in [2.24, 2.45) is 18.4 Å². The minimum atomic E-state index is -4.14. The van der Waals surface area contributed by atoms with Crippen molar-refractivity contribution in [3.63, 3.8) is 0 Å². The molecular formula is C32H38F3N5O3. The first kappa shape index (κ1) is 30.4. The fraction of sp³-hybridized carbons (Fsp3) is 0.469. The first-order valence-corrected chi connectivity index (χ1v) is 14.8. The number of hydrogen-bond donors (Lipinski definition) is 1. The molecule has 1 aliphatic heterocycles. The third-order valence-electron chi connectivity index (χ3n) is 8.86. The molecule has 0 spiro atoms. The van der Waals surface area contributed by atoms with Gasteiger partial charge in [-0.25, -0.2) is 4.98 Å². The Hall–Kier alpha value is -4.02. The summed E-state index contributed by atoms with van der Waals surface area (Å²) in [5.74, 6) is -0.743. The summed E-state index contributed by atoms with van der Waals surface area (Å²) < 4.78 is 49.2. The van der Waals surface area contributed by atoms with E-state index in [0.717, 1.165) is 28.0 Å². The van der Waals surface area contributed by atoms with Gasteiger partial charge in [-0.3, -0.25) is 9.48 Å². The van der Waals surface area contributed by atoms with E-state index in [9.17, 15) is 23.1 Å². The maximum atomic E-state index is 13.1. The molecule has 0 bridgehead atoms. The van der Waals surface area contributed by atoms with E-state index in [1.807, 2.05) is 80.5 Å². The predicted molar refractivity (Wildman–Crippen MR) is 158 cm³/mol. The number of fused-ring (bicyclic) bond motifs is 1. The molecule has 230 valence electrons. The molecule has 5 rings (SSSR count). The van der Waals surface area contributed by atoms with Crippen LogP contribution in [0.5, 0.6) is 5.75 Å². The lowest BCUT2D eigenvalue weighted by Crippen LogP contribution is -2.38. The van der Waals surface area contributed by atoms with E-state index in [-0.39, 0.29) is 19.3 Å². The Balaban J connectivity index is 1.42. The van der Waals surface area contributed by atoms with Crippen molar-refractivity contribution >= 4 is 22.7 Å². The van der Waals surface area contributed by atoms with Gasteiger partial charge in [0.15, 0.2) is 0 Å². The zero-order valence-corrected chi connectivity index (χ0v) is 24.8. The molecule has 43 heavy (non-hydrogen) atoms. The molecular weight excluding hydrogens is 559 g/mol. The molecule has 0 atom stereocenters. The van der Waals surface area contributed by atoms with E-state index in [1.165, 1.54) is 0 Å². The number of carbonyl (C=O) groups is 1. The highest BCUT2D eigenvalue weighted by Crippen LogP contribution is 2.36. The second-order valence-electron chi connectivity index (χ2n) is 11.5. The molecule has 4 aromatic rings. The van der Waals surface area contributed by atoms with Gasteiger partial charge in [0.25, 0.3) is 0 Å². The van der Waals surface area contributed by atoms with Crippen molar-refractivity contribution in [2.75, 3.05) is 18.0 Å². The van der Waals surface area contributed by atoms with E-state index in [1.54, 1.807) is 4.68 Å². The molecule has 3 heterocycles. The number of imidazole rings is 1. The number of aryl methyl sites for hydroxylation is 1. The Bertz CT molecular complexity index is 1550. The van der Waals surface area contributed by atoms with Crippen LogP contribution >= 0.6 is 0 Å². The Morgan fingerprint density at radius 3 is 2.33 bits per heavy atom. The van der Waals surface area contributed by atoms with Gasteiger partial charge in [-0.15, -0.1) is 0 Å². The van der Waals surface area contributed by atoms with E-state index in [0.29, 0.717) is 50.7 Å². The molecule has 11 heteroatoms. The third-order valence-corrected chi connectivity index (χ3v) is 8.86. The van der Waals surface area contributed by atoms with E-state index in [4.69, 9.17) is 9.72 Å². The number of alkyl halides is 3. The van der Waals surface area contributed by atoms with Gasteiger partial charge in [0, 0.05) is 51.1 Å². The van der Waals surface area contributed by atoms with Gasteiger partial charge in [-0.2, -0.15) is 18.3 Å². The summed E-state index contributed by atoms with van der Waals surface area (Å²) in [6.45, 7) is 5.28. The lowest BCUT2D eigenvalue weighted by Gasteiger charge is -2.34. The van der Waals surface area contributed by atoms with Crippen molar-refractivity contribution < 1.29 is 27.8 Å². The maximum absolute atomic E-state index is 13.1. The summed E-state index contributed by atoms with van der Waals surface area (Å²) in [4.78, 5) is 19.3. The van der Waals surface area contributed by atoms with Crippen molar-refractivity contribution in [3.05, 3.63) is 71.8 Å². The normalized spacial score (nSPS) is 14.9. The first-order valence-electron chi connectivity index (χ1n) is 14.8. The number of piperidine rings is 1. The predicted octanol–water partition coefficient (Wildman–Crippen LogP) is 6.61. The van der Waals surface area contributed by atoms with Gasteiger partial charge in [-0.1, -0.05) is 26.0 Å². The van der Waals surface area contributed by atoms with Gasteiger partial charge >= 0.3 is 12.1 Å². The molecule has 0 unspecified atom stereocenters. The number of halogens is 3. The molecule has 1 N–H and O–H groups in total. The molecule has 8 nitrogen and oxygen atoms in total. The van der Waals surface area contributed by atoms with Gasteiger partial charge in [-0.05, 0) is 61.6 Å². The van der Waals surface area contributed by atoms with Crippen LogP contribution in [0.2, 0.25) is 0 Å². The number of rotatable bonds is 11. The fourth-order valence-electron chi connectivity index (χ4n) is 5.89. The smallest absolute Gasteiger partial charge is 0.391 e. The number of anilines is 1. The number of carboxylic acids is 1. The van der Waals surface area contributed by atoms with Crippen LogP contribution in [0.3, 0.4) is 0 Å². The molecule has 2 aromatic carbocycles. The molecule has 0 aliphatic carbocycles. The summed E-state index contributed by atoms with van der Waals surface area (Å²) in [6, 6.07) is 15.4. The SMILES string of the molecule is CCC(CC)(Cc1nc2ccc(OCc3ccn(C)n3)cc2n1Cc1ccc(N2CCC(C(F)(F)F)CC2)cc1)C(=O)O. The van der Waals surface area contributed by atoms with Gasteiger partial charge < -0.3 is 19.3 Å². The average Bonchev–Trinajstić information content (AvgIpc) is 3.56. The van der Waals surface area contributed by atoms with Crippen LogP contribution in [0.4, 0.5) is 18.9 Å². The van der Waals surface area contributed by atoms with Crippen molar-refractivity contribution in [2.45, 2.75) is 65.3 Å². The second-order valence-corrected chi connectivity index (χ2v) is 11.5. The lowest BCUT2D eigenvalue weighted by molar-refractivity contribution is -0.179. The first-order chi connectivity index (χ1) is 20.5. The number of carboxylic acid groups (broad SMARTS) is 1. The number of aromatic nitrogens is 4. The zero-order chi connectivity index (χ0) is 30.8. The highest BCUT2D eigenvalue weighted by molar-refractivity contribution is 5.79. The number of aliphatic carboxylic acids is 1. The second kappa shape index (κ2) is 12.3. The molecule has 1 saturated heterocycles. The quantitative estimate of drug-likeness (QED) is 0.210. The Morgan fingerprint density at radius 2 is 1.74 bits per heavy atom. The van der Waals surface area contributed by atoms with Crippen LogP contribution in [0.25, 0.3) is 11.0 Å². The van der Waals surface area contributed by atoms with Crippen LogP contribution in [0.1, 0.15) is 56.6 Å². The van der Waals surface area contributed by atoms with Crippen LogP contribution in [-0.4, -0.2) is 49.7 Å². The summed E-state index contributed by atoms with van der Waals surface area (Å²) in [5.41, 5.74) is 3.31.